The third-order valence-corrected chi connectivity index (χ3v) is 7.79. The number of carbonyl (C=O) groups excluding carboxylic acids is 2. The number of hydrogen-bond donors (Lipinski definition) is 1. The van der Waals surface area contributed by atoms with Gasteiger partial charge < -0.3 is 19.3 Å². The fourth-order valence-electron chi connectivity index (χ4n) is 7.19. The molecule has 0 heterocycles. The summed E-state index contributed by atoms with van der Waals surface area (Å²) in [5, 5.41) is 12.4. The van der Waals surface area contributed by atoms with E-state index in [2.05, 4.69) is 6.92 Å². The van der Waals surface area contributed by atoms with Gasteiger partial charge in [-0.2, -0.15) is 0 Å². The van der Waals surface area contributed by atoms with E-state index in [4.69, 9.17) is 14.2 Å². The topological polar surface area (TPSA) is 82.1 Å². The van der Waals surface area contributed by atoms with Crippen molar-refractivity contribution in [3.63, 3.8) is 0 Å². The monoisotopic (exact) mass is 382 g/mol. The molecule has 6 heteroatoms. The van der Waals surface area contributed by atoms with Gasteiger partial charge in [-0.15, -0.1) is 0 Å². The Morgan fingerprint density at radius 1 is 1.04 bits per heavy atom. The highest BCUT2D eigenvalue weighted by Gasteiger charge is 2.79. The molecule has 0 aromatic heterocycles. The van der Waals surface area contributed by atoms with Gasteiger partial charge >= 0.3 is 11.9 Å². The van der Waals surface area contributed by atoms with Crippen LogP contribution in [0.4, 0.5) is 0 Å². The average molecular weight is 382 g/mol. The van der Waals surface area contributed by atoms with E-state index >= 15 is 0 Å². The Kier molecular flexibility index (Phi) is 4.92. The lowest BCUT2D eigenvalue weighted by atomic mass is 9.50. The van der Waals surface area contributed by atoms with E-state index in [0.29, 0.717) is 12.8 Å². The smallest absolute Gasteiger partial charge is 0.302 e. The summed E-state index contributed by atoms with van der Waals surface area (Å²) in [5.41, 5.74) is -2.32. The van der Waals surface area contributed by atoms with Gasteiger partial charge in [-0.05, 0) is 25.2 Å². The first-order valence-electron chi connectivity index (χ1n) is 10.0. The van der Waals surface area contributed by atoms with Crippen LogP contribution in [-0.4, -0.2) is 48.1 Å². The number of methoxy groups -OCH3 is 1. The molecule has 3 aliphatic rings. The molecule has 0 aromatic rings. The van der Waals surface area contributed by atoms with Crippen LogP contribution in [-0.2, 0) is 23.8 Å². The summed E-state index contributed by atoms with van der Waals surface area (Å²) in [4.78, 5) is 23.7. The zero-order valence-electron chi connectivity index (χ0n) is 17.6. The second-order valence-electron chi connectivity index (χ2n) is 9.73. The van der Waals surface area contributed by atoms with Crippen molar-refractivity contribution in [3.8, 4) is 0 Å². The maximum Gasteiger partial charge on any atom is 0.302 e. The van der Waals surface area contributed by atoms with Crippen molar-refractivity contribution >= 4 is 11.9 Å². The Labute approximate surface area is 161 Å². The van der Waals surface area contributed by atoms with E-state index in [0.717, 1.165) is 6.42 Å². The molecule has 27 heavy (non-hydrogen) atoms. The highest BCUT2D eigenvalue weighted by atomic mass is 16.6. The number of rotatable bonds is 3. The minimum absolute atomic E-state index is 0.0641. The van der Waals surface area contributed by atoms with Crippen LogP contribution >= 0.6 is 0 Å². The third kappa shape index (κ3) is 2.66. The van der Waals surface area contributed by atoms with Crippen LogP contribution in [0.15, 0.2) is 0 Å². The van der Waals surface area contributed by atoms with Crippen molar-refractivity contribution in [2.45, 2.75) is 84.7 Å². The fraction of sp³-hybridized carbons (Fsp3) is 0.905. The maximum absolute atomic E-state index is 12.4. The van der Waals surface area contributed by atoms with Crippen LogP contribution in [0.1, 0.15) is 60.8 Å². The molecule has 8 unspecified atom stereocenters. The van der Waals surface area contributed by atoms with Crippen LogP contribution in [0.25, 0.3) is 0 Å². The SMILES string of the molecule is COC1CCC2(C)C(OC(C)=O)C(C)(C)C3C(OC(C)=O)CC(C)C1C32O. The van der Waals surface area contributed by atoms with Gasteiger partial charge in [-0.1, -0.05) is 27.7 Å². The summed E-state index contributed by atoms with van der Waals surface area (Å²) in [6.07, 6.45) is 1.23. The maximum atomic E-state index is 12.4. The molecule has 3 rings (SSSR count). The molecule has 154 valence electrons. The molecule has 0 aromatic carbocycles. The predicted molar refractivity (Wildman–Crippen MR) is 98.7 cm³/mol. The number of ether oxygens (including phenoxy) is 3. The summed E-state index contributed by atoms with van der Waals surface area (Å²) in [5.74, 6) is -1.01. The second kappa shape index (κ2) is 6.45. The van der Waals surface area contributed by atoms with E-state index in [1.54, 1.807) is 7.11 Å². The average Bonchev–Trinajstić information content (AvgIpc) is 2.65. The van der Waals surface area contributed by atoms with E-state index in [1.165, 1.54) is 13.8 Å². The Morgan fingerprint density at radius 2 is 1.63 bits per heavy atom. The molecule has 1 N–H and O–H groups in total. The lowest BCUT2D eigenvalue weighted by molar-refractivity contribution is -0.256. The summed E-state index contributed by atoms with van der Waals surface area (Å²) in [6, 6.07) is 0. The first-order valence-corrected chi connectivity index (χ1v) is 10.0. The third-order valence-electron chi connectivity index (χ3n) is 7.79. The normalized spacial score (nSPS) is 47.9. The fourth-order valence-corrected chi connectivity index (χ4v) is 7.19. The van der Waals surface area contributed by atoms with Gasteiger partial charge in [0.25, 0.3) is 0 Å². The van der Waals surface area contributed by atoms with Gasteiger partial charge in [0, 0.05) is 43.6 Å². The van der Waals surface area contributed by atoms with Crippen LogP contribution in [0.3, 0.4) is 0 Å². The van der Waals surface area contributed by atoms with Gasteiger partial charge in [0.05, 0.1) is 11.7 Å². The quantitative estimate of drug-likeness (QED) is 0.756. The van der Waals surface area contributed by atoms with Crippen LogP contribution in [0.2, 0.25) is 0 Å². The van der Waals surface area contributed by atoms with E-state index in [1.807, 2.05) is 20.8 Å². The minimum Gasteiger partial charge on any atom is -0.462 e. The minimum atomic E-state index is -1.15. The van der Waals surface area contributed by atoms with Crippen molar-refractivity contribution < 1.29 is 28.9 Å². The van der Waals surface area contributed by atoms with E-state index in [9.17, 15) is 14.7 Å². The molecule has 0 aliphatic heterocycles. The van der Waals surface area contributed by atoms with Crippen molar-refractivity contribution in [2.75, 3.05) is 7.11 Å². The molecule has 0 amide bonds. The summed E-state index contributed by atoms with van der Waals surface area (Å²) >= 11 is 0. The standard InChI is InChI=1S/C21H34O6/c1-11-10-15(26-12(2)22)17-19(4,5)18(27-13(3)23)20(6)9-8-14(25-7)16(11)21(17,20)24/h11,14-18,24H,8-10H2,1-7H3. The summed E-state index contributed by atoms with van der Waals surface area (Å²) in [6.45, 7) is 11.0. The first-order chi connectivity index (χ1) is 12.4. The zero-order valence-corrected chi connectivity index (χ0v) is 17.6. The molecule has 0 radical (unpaired) electrons. The Morgan fingerprint density at radius 3 is 2.15 bits per heavy atom. The summed E-state index contributed by atoms with van der Waals surface area (Å²) < 4.78 is 17.4. The molecule has 0 saturated heterocycles. The number of aliphatic hydroxyl groups is 1. The van der Waals surface area contributed by atoms with Crippen molar-refractivity contribution in [1.29, 1.82) is 0 Å². The highest BCUT2D eigenvalue weighted by Crippen LogP contribution is 2.71. The molecule has 3 aliphatic carbocycles. The van der Waals surface area contributed by atoms with Crippen molar-refractivity contribution in [1.82, 2.24) is 0 Å². The predicted octanol–water partition coefficient (Wildman–Crippen LogP) is 2.71. The molecule has 8 atom stereocenters. The number of hydrogen-bond acceptors (Lipinski definition) is 6. The molecular formula is C21H34O6. The molecule has 0 spiro atoms. The molecule has 3 saturated carbocycles. The second-order valence-corrected chi connectivity index (χ2v) is 9.73. The Bertz CT molecular complexity index is 630. The Balaban J connectivity index is 2.19. The van der Waals surface area contributed by atoms with Gasteiger partial charge in [-0.25, -0.2) is 0 Å². The first kappa shape index (κ1) is 20.6. The highest BCUT2D eigenvalue weighted by molar-refractivity contribution is 5.67. The largest absolute Gasteiger partial charge is 0.462 e. The van der Waals surface area contributed by atoms with Gasteiger partial charge in [0.1, 0.15) is 12.2 Å². The number of esters is 2. The van der Waals surface area contributed by atoms with E-state index in [-0.39, 0.29) is 35.8 Å². The molecular weight excluding hydrogens is 348 g/mol. The van der Waals surface area contributed by atoms with Crippen molar-refractivity contribution in [3.05, 3.63) is 0 Å². The lowest BCUT2D eigenvalue weighted by Crippen LogP contribution is -2.68. The van der Waals surface area contributed by atoms with Gasteiger partial charge in [0.2, 0.25) is 0 Å². The molecule has 6 nitrogen and oxygen atoms in total. The zero-order chi connectivity index (χ0) is 20.4. The van der Waals surface area contributed by atoms with Crippen LogP contribution < -0.4 is 0 Å². The lowest BCUT2D eigenvalue weighted by Gasteiger charge is -2.60. The molecule has 3 fully saturated rings. The van der Waals surface area contributed by atoms with E-state index < -0.39 is 28.6 Å². The van der Waals surface area contributed by atoms with Gasteiger partial charge in [0.15, 0.2) is 0 Å². The Hall–Kier alpha value is -1.14. The van der Waals surface area contributed by atoms with Crippen LogP contribution in [0.5, 0.6) is 0 Å². The van der Waals surface area contributed by atoms with Crippen LogP contribution in [0, 0.1) is 28.6 Å². The number of carbonyl (C=O) groups is 2. The van der Waals surface area contributed by atoms with Crippen molar-refractivity contribution in [2.24, 2.45) is 28.6 Å². The van der Waals surface area contributed by atoms with Gasteiger partial charge in [-0.3, -0.25) is 9.59 Å². The molecule has 0 bridgehead atoms. The summed E-state index contributed by atoms with van der Waals surface area (Å²) in [7, 11) is 1.69.